The second-order valence-electron chi connectivity index (χ2n) is 5.22. The van der Waals surface area contributed by atoms with E-state index in [1.54, 1.807) is 0 Å². The van der Waals surface area contributed by atoms with Crippen molar-refractivity contribution in [2.24, 2.45) is 17.7 Å². The van der Waals surface area contributed by atoms with Crippen LogP contribution >= 0.6 is 0 Å². The van der Waals surface area contributed by atoms with Crippen LogP contribution in [0.1, 0.15) is 40.0 Å². The minimum absolute atomic E-state index is 0.0641. The third-order valence-electron chi connectivity index (χ3n) is 3.73. The normalized spacial score (nSPS) is 31.4. The van der Waals surface area contributed by atoms with Crippen molar-refractivity contribution in [2.75, 3.05) is 13.1 Å². The Hall–Kier alpha value is -0.610. The lowest BCUT2D eigenvalue weighted by Crippen LogP contribution is -2.46. The van der Waals surface area contributed by atoms with Crippen LogP contribution in [-0.2, 0) is 4.79 Å². The molecule has 1 rings (SSSR count). The molecule has 3 unspecified atom stereocenters. The van der Waals surface area contributed by atoms with Gasteiger partial charge in [0.25, 0.3) is 0 Å². The maximum atomic E-state index is 11.0. The van der Waals surface area contributed by atoms with Crippen LogP contribution in [0.5, 0.6) is 0 Å². The summed E-state index contributed by atoms with van der Waals surface area (Å²) in [6.45, 7) is 9.08. The summed E-state index contributed by atoms with van der Waals surface area (Å²) in [6.07, 6.45) is 2.75. The van der Waals surface area contributed by atoms with Crippen LogP contribution in [0.2, 0.25) is 0 Å². The molecule has 1 saturated heterocycles. The molecular formula is C12H25N3O. The molecule has 4 nitrogen and oxygen atoms in total. The monoisotopic (exact) mass is 227 g/mol. The molecule has 1 aliphatic rings. The van der Waals surface area contributed by atoms with E-state index < -0.39 is 0 Å². The molecular weight excluding hydrogens is 202 g/mol. The number of carbonyl (C=O) groups excluding carboxylic acids is 1. The maximum Gasteiger partial charge on any atom is 0.233 e. The SMILES string of the molecule is CC1CC(C)C(C)N(CCCC(=O)NN)C1. The van der Waals surface area contributed by atoms with E-state index in [1.807, 2.05) is 0 Å². The van der Waals surface area contributed by atoms with Crippen LogP contribution in [0, 0.1) is 11.8 Å². The summed E-state index contributed by atoms with van der Waals surface area (Å²) >= 11 is 0. The molecule has 0 aromatic carbocycles. The molecule has 0 saturated carbocycles. The maximum absolute atomic E-state index is 11.0. The number of hydrogen-bond donors (Lipinski definition) is 2. The van der Waals surface area contributed by atoms with Crippen LogP contribution in [0.15, 0.2) is 0 Å². The lowest BCUT2D eigenvalue weighted by atomic mass is 9.86. The highest BCUT2D eigenvalue weighted by molar-refractivity contribution is 5.75. The third-order valence-corrected chi connectivity index (χ3v) is 3.73. The number of rotatable bonds is 4. The number of amides is 1. The Morgan fingerprint density at radius 1 is 1.44 bits per heavy atom. The molecule has 0 spiro atoms. The van der Waals surface area contributed by atoms with E-state index in [4.69, 9.17) is 5.84 Å². The number of hydrazine groups is 1. The molecule has 3 N–H and O–H groups in total. The Bertz CT molecular complexity index is 232. The van der Waals surface area contributed by atoms with E-state index in [2.05, 4.69) is 31.1 Å². The van der Waals surface area contributed by atoms with Crippen molar-refractivity contribution in [3.63, 3.8) is 0 Å². The first-order valence-electron chi connectivity index (χ1n) is 6.28. The largest absolute Gasteiger partial charge is 0.300 e. The average Bonchev–Trinajstić information content (AvgIpc) is 2.24. The molecule has 4 heteroatoms. The summed E-state index contributed by atoms with van der Waals surface area (Å²) < 4.78 is 0. The molecule has 0 aromatic heterocycles. The van der Waals surface area contributed by atoms with Crippen molar-refractivity contribution in [1.29, 1.82) is 0 Å². The molecule has 94 valence electrons. The number of carbonyl (C=O) groups is 1. The summed E-state index contributed by atoms with van der Waals surface area (Å²) in [6, 6.07) is 0.636. The molecule has 16 heavy (non-hydrogen) atoms. The predicted octanol–water partition coefficient (Wildman–Crippen LogP) is 1.12. The summed E-state index contributed by atoms with van der Waals surface area (Å²) in [5.74, 6) is 6.51. The zero-order valence-corrected chi connectivity index (χ0v) is 10.7. The van der Waals surface area contributed by atoms with Gasteiger partial charge in [0.2, 0.25) is 5.91 Å². The Balaban J connectivity index is 2.31. The fraction of sp³-hybridized carbons (Fsp3) is 0.917. The first kappa shape index (κ1) is 13.5. The van der Waals surface area contributed by atoms with Crippen molar-refractivity contribution in [3.05, 3.63) is 0 Å². The smallest absolute Gasteiger partial charge is 0.233 e. The molecule has 1 fully saturated rings. The van der Waals surface area contributed by atoms with Gasteiger partial charge in [-0.15, -0.1) is 0 Å². The predicted molar refractivity (Wildman–Crippen MR) is 65.5 cm³/mol. The lowest BCUT2D eigenvalue weighted by Gasteiger charge is -2.41. The molecule has 0 aromatic rings. The van der Waals surface area contributed by atoms with Gasteiger partial charge in [0.15, 0.2) is 0 Å². The van der Waals surface area contributed by atoms with Gasteiger partial charge in [-0.2, -0.15) is 0 Å². The van der Waals surface area contributed by atoms with E-state index >= 15 is 0 Å². The highest BCUT2D eigenvalue weighted by atomic mass is 16.2. The number of nitrogens with two attached hydrogens (primary N) is 1. The molecule has 0 radical (unpaired) electrons. The zero-order chi connectivity index (χ0) is 12.1. The Kier molecular flexibility index (Phi) is 5.22. The topological polar surface area (TPSA) is 58.4 Å². The van der Waals surface area contributed by atoms with Gasteiger partial charge in [-0.05, 0) is 38.1 Å². The lowest BCUT2D eigenvalue weighted by molar-refractivity contribution is -0.121. The zero-order valence-electron chi connectivity index (χ0n) is 10.7. The van der Waals surface area contributed by atoms with Crippen LogP contribution in [-0.4, -0.2) is 29.9 Å². The van der Waals surface area contributed by atoms with Crippen LogP contribution in [0.25, 0.3) is 0 Å². The Morgan fingerprint density at radius 3 is 2.75 bits per heavy atom. The van der Waals surface area contributed by atoms with Crippen molar-refractivity contribution < 1.29 is 4.79 Å². The quantitative estimate of drug-likeness (QED) is 0.430. The fourth-order valence-electron chi connectivity index (χ4n) is 2.64. The van der Waals surface area contributed by atoms with Crippen LogP contribution < -0.4 is 11.3 Å². The van der Waals surface area contributed by atoms with E-state index in [0.29, 0.717) is 12.5 Å². The minimum Gasteiger partial charge on any atom is -0.300 e. The number of piperidine rings is 1. The van der Waals surface area contributed by atoms with Gasteiger partial charge in [0.05, 0.1) is 0 Å². The Morgan fingerprint density at radius 2 is 2.12 bits per heavy atom. The van der Waals surface area contributed by atoms with Crippen LogP contribution in [0.4, 0.5) is 0 Å². The number of nitrogens with zero attached hydrogens (tertiary/aromatic N) is 1. The van der Waals surface area contributed by atoms with E-state index in [-0.39, 0.29) is 5.91 Å². The third kappa shape index (κ3) is 3.76. The van der Waals surface area contributed by atoms with Crippen LogP contribution in [0.3, 0.4) is 0 Å². The van der Waals surface area contributed by atoms with Crippen molar-refractivity contribution in [2.45, 2.75) is 46.1 Å². The van der Waals surface area contributed by atoms with Crippen molar-refractivity contribution in [3.8, 4) is 0 Å². The van der Waals surface area contributed by atoms with Gasteiger partial charge in [0.1, 0.15) is 0 Å². The standard InChI is InChI=1S/C12H25N3O/c1-9-7-10(2)11(3)15(8-9)6-4-5-12(16)14-13/h9-11H,4-8,13H2,1-3H3,(H,14,16). The second kappa shape index (κ2) is 6.21. The molecule has 0 bridgehead atoms. The average molecular weight is 227 g/mol. The summed E-state index contributed by atoms with van der Waals surface area (Å²) in [5.41, 5.74) is 2.17. The molecule has 1 aliphatic heterocycles. The van der Waals surface area contributed by atoms with E-state index in [0.717, 1.165) is 31.3 Å². The van der Waals surface area contributed by atoms with E-state index in [9.17, 15) is 4.79 Å². The second-order valence-corrected chi connectivity index (χ2v) is 5.22. The molecule has 1 heterocycles. The molecule has 3 atom stereocenters. The number of nitrogens with one attached hydrogen (secondary N) is 1. The highest BCUT2D eigenvalue weighted by Gasteiger charge is 2.28. The van der Waals surface area contributed by atoms with Crippen molar-refractivity contribution >= 4 is 5.91 Å². The van der Waals surface area contributed by atoms with Gasteiger partial charge in [-0.1, -0.05) is 13.8 Å². The summed E-state index contributed by atoms with van der Waals surface area (Å²) in [7, 11) is 0. The van der Waals surface area contributed by atoms with Gasteiger partial charge in [-0.3, -0.25) is 10.2 Å². The molecule has 0 aliphatic carbocycles. The first-order chi connectivity index (χ1) is 7.54. The van der Waals surface area contributed by atoms with Gasteiger partial charge in [-0.25, -0.2) is 5.84 Å². The van der Waals surface area contributed by atoms with Crippen molar-refractivity contribution in [1.82, 2.24) is 10.3 Å². The van der Waals surface area contributed by atoms with Gasteiger partial charge in [0, 0.05) is 19.0 Å². The highest BCUT2D eigenvalue weighted by Crippen LogP contribution is 2.26. The molecule has 1 amide bonds. The van der Waals surface area contributed by atoms with Gasteiger partial charge >= 0.3 is 0 Å². The van der Waals surface area contributed by atoms with Gasteiger partial charge < -0.3 is 4.90 Å². The summed E-state index contributed by atoms with van der Waals surface area (Å²) in [5, 5.41) is 0. The van der Waals surface area contributed by atoms with E-state index in [1.165, 1.54) is 6.42 Å². The Labute approximate surface area is 98.5 Å². The fourth-order valence-corrected chi connectivity index (χ4v) is 2.64. The number of likely N-dealkylation sites (tertiary alicyclic amines) is 1. The summed E-state index contributed by atoms with van der Waals surface area (Å²) in [4.78, 5) is 13.5. The minimum atomic E-state index is -0.0641. The number of hydrogen-bond acceptors (Lipinski definition) is 3. The first-order valence-corrected chi connectivity index (χ1v) is 6.28.